The van der Waals surface area contributed by atoms with E-state index in [1.54, 1.807) is 7.05 Å². The Morgan fingerprint density at radius 2 is 2.58 bits per heavy atom. The van der Waals surface area contributed by atoms with E-state index in [9.17, 15) is 4.79 Å². The molecule has 1 aromatic rings. The van der Waals surface area contributed by atoms with E-state index in [2.05, 4.69) is 15.4 Å². The summed E-state index contributed by atoms with van der Waals surface area (Å²) >= 11 is 0. The number of rotatable bonds is 1. The molecule has 0 spiro atoms. The van der Waals surface area contributed by atoms with Crippen molar-refractivity contribution >= 4 is 6.09 Å². The van der Waals surface area contributed by atoms with Crippen LogP contribution in [0.25, 0.3) is 0 Å². The molecule has 7 nitrogen and oxygen atoms in total. The lowest BCUT2D eigenvalue weighted by atomic mass is 10.5. The maximum absolute atomic E-state index is 10.9. The Morgan fingerprint density at radius 3 is 3.08 bits per heavy atom. The number of carbonyl (C=O) groups is 1. The van der Waals surface area contributed by atoms with E-state index in [4.69, 9.17) is 4.74 Å². The fourth-order valence-corrected chi connectivity index (χ4v) is 1.01. The van der Waals surface area contributed by atoms with Gasteiger partial charge in [0.25, 0.3) is 0 Å². The van der Waals surface area contributed by atoms with E-state index in [0.717, 1.165) is 0 Å². The molecule has 2 rings (SSSR count). The highest BCUT2D eigenvalue weighted by Gasteiger charge is 2.32. The topological polar surface area (TPSA) is 73.1 Å². The summed E-state index contributed by atoms with van der Waals surface area (Å²) in [6.07, 6.45) is 0.689. The molecule has 64 valence electrons. The second-order valence-corrected chi connectivity index (χ2v) is 2.42. The number of aromatic nitrogens is 4. The Kier molecular flexibility index (Phi) is 1.42. The average Bonchev–Trinajstić information content (AvgIpc) is 2.64. The highest BCUT2D eigenvalue weighted by atomic mass is 16.6. The molecule has 7 heteroatoms. The quantitative estimate of drug-likeness (QED) is 0.553. The molecule has 1 aliphatic rings. The third-order valence-corrected chi connectivity index (χ3v) is 1.72. The molecule has 0 aromatic carbocycles. The first-order chi connectivity index (χ1) is 5.79. The number of carbonyl (C=O) groups excluding carboxylic acids is 1. The lowest BCUT2D eigenvalue weighted by molar-refractivity contribution is 0.162. The highest BCUT2D eigenvalue weighted by Crippen LogP contribution is 2.16. The van der Waals surface area contributed by atoms with Crippen LogP contribution < -0.4 is 0 Å². The number of cyclic esters (lactones) is 1. The Labute approximate surface area is 67.9 Å². The number of ether oxygens (including phenoxy) is 1. The number of hydrogen-bond donors (Lipinski definition) is 0. The molecular weight excluding hydrogens is 162 g/mol. The number of nitrogens with zero attached hydrogens (tertiary/aromatic N) is 5. The number of tetrazole rings is 1. The van der Waals surface area contributed by atoms with Crippen molar-refractivity contribution in [3.8, 4) is 0 Å². The maximum atomic E-state index is 10.9. The van der Waals surface area contributed by atoms with Crippen LogP contribution in [0.1, 0.15) is 6.17 Å². The second kappa shape index (κ2) is 2.43. The van der Waals surface area contributed by atoms with Gasteiger partial charge in [-0.25, -0.2) is 4.79 Å². The van der Waals surface area contributed by atoms with Crippen molar-refractivity contribution in [2.45, 2.75) is 6.17 Å². The van der Waals surface area contributed by atoms with Gasteiger partial charge in [0, 0.05) is 7.05 Å². The van der Waals surface area contributed by atoms with Gasteiger partial charge in [0.2, 0.25) is 0 Å². The van der Waals surface area contributed by atoms with Crippen molar-refractivity contribution in [1.29, 1.82) is 0 Å². The van der Waals surface area contributed by atoms with Crippen molar-refractivity contribution in [2.24, 2.45) is 0 Å². The summed E-state index contributed by atoms with van der Waals surface area (Å²) in [4.78, 5) is 13.7. The van der Waals surface area contributed by atoms with Gasteiger partial charge < -0.3 is 4.74 Å². The first-order valence-corrected chi connectivity index (χ1v) is 3.41. The highest BCUT2D eigenvalue weighted by molar-refractivity contribution is 5.69. The fraction of sp³-hybridized carbons (Fsp3) is 0.600. The largest absolute Gasteiger partial charge is 0.445 e. The van der Waals surface area contributed by atoms with E-state index >= 15 is 0 Å². The van der Waals surface area contributed by atoms with Gasteiger partial charge in [-0.2, -0.15) is 0 Å². The number of hydrogen-bond acceptors (Lipinski definition) is 5. The van der Waals surface area contributed by atoms with Crippen LogP contribution in [0.2, 0.25) is 0 Å². The minimum absolute atomic E-state index is 0.264. The van der Waals surface area contributed by atoms with Gasteiger partial charge in [-0.05, 0) is 5.21 Å². The molecule has 0 N–H and O–H groups in total. The monoisotopic (exact) mass is 169 g/mol. The van der Waals surface area contributed by atoms with Crippen LogP contribution in [0.15, 0.2) is 6.33 Å². The van der Waals surface area contributed by atoms with Gasteiger partial charge in [0.05, 0.1) is 0 Å². The van der Waals surface area contributed by atoms with E-state index in [1.807, 2.05) is 0 Å². The van der Waals surface area contributed by atoms with Crippen molar-refractivity contribution in [1.82, 2.24) is 25.1 Å². The van der Waals surface area contributed by atoms with E-state index in [0.29, 0.717) is 0 Å². The van der Waals surface area contributed by atoms with E-state index in [-0.39, 0.29) is 18.9 Å². The third kappa shape index (κ3) is 0.900. The van der Waals surface area contributed by atoms with Crippen LogP contribution >= 0.6 is 0 Å². The van der Waals surface area contributed by atoms with Crippen LogP contribution in [-0.4, -0.2) is 44.9 Å². The normalized spacial score (nSPS) is 22.9. The molecule has 1 atom stereocenters. The summed E-state index contributed by atoms with van der Waals surface area (Å²) in [5.41, 5.74) is 0. The van der Waals surface area contributed by atoms with Crippen molar-refractivity contribution < 1.29 is 9.53 Å². The van der Waals surface area contributed by atoms with Gasteiger partial charge in [-0.3, -0.25) is 4.90 Å². The Hall–Kier alpha value is -1.66. The van der Waals surface area contributed by atoms with Crippen LogP contribution in [0.5, 0.6) is 0 Å². The zero-order valence-electron chi connectivity index (χ0n) is 6.41. The first kappa shape index (κ1) is 7.01. The van der Waals surface area contributed by atoms with Crippen molar-refractivity contribution in [3.63, 3.8) is 0 Å². The average molecular weight is 169 g/mol. The smallest absolute Gasteiger partial charge is 0.411 e. The van der Waals surface area contributed by atoms with Crippen LogP contribution in [0, 0.1) is 0 Å². The predicted molar refractivity (Wildman–Crippen MR) is 36.0 cm³/mol. The molecule has 1 aromatic heterocycles. The standard InChI is InChI=1S/C5H7N5O2/c1-9-4(2-12-5(9)11)10-7-3-6-8-10/h3-4H,2H2,1H3. The number of likely N-dealkylation sites (N-methyl/N-ethyl adjacent to an activating group) is 1. The van der Waals surface area contributed by atoms with E-state index in [1.165, 1.54) is 16.0 Å². The summed E-state index contributed by atoms with van der Waals surface area (Å²) in [6.45, 7) is 0.270. The molecule has 2 heterocycles. The second-order valence-electron chi connectivity index (χ2n) is 2.42. The molecular formula is C5H7N5O2. The molecule has 1 amide bonds. The van der Waals surface area contributed by atoms with E-state index < -0.39 is 0 Å². The molecule has 1 saturated heterocycles. The summed E-state index contributed by atoms with van der Waals surface area (Å²) in [7, 11) is 1.63. The molecule has 0 bridgehead atoms. The van der Waals surface area contributed by atoms with Gasteiger partial charge in [-0.1, -0.05) is 0 Å². The molecule has 1 aliphatic heterocycles. The van der Waals surface area contributed by atoms with Gasteiger partial charge in [0.15, 0.2) is 12.5 Å². The summed E-state index contributed by atoms with van der Waals surface area (Å²) in [6, 6.07) is 0. The maximum Gasteiger partial charge on any atom is 0.411 e. The molecule has 1 unspecified atom stereocenters. The fourth-order valence-electron chi connectivity index (χ4n) is 1.01. The summed E-state index contributed by atoms with van der Waals surface area (Å²) in [5, 5.41) is 11.0. The predicted octanol–water partition coefficient (Wildman–Crippen LogP) is -0.746. The summed E-state index contributed by atoms with van der Waals surface area (Å²) in [5.74, 6) is 0. The van der Waals surface area contributed by atoms with Gasteiger partial charge >= 0.3 is 6.09 Å². The Bertz CT molecular complexity index is 284. The third-order valence-electron chi connectivity index (χ3n) is 1.72. The van der Waals surface area contributed by atoms with Crippen LogP contribution in [-0.2, 0) is 4.74 Å². The Morgan fingerprint density at radius 1 is 1.75 bits per heavy atom. The number of amides is 1. The van der Waals surface area contributed by atoms with Crippen LogP contribution in [0.3, 0.4) is 0 Å². The van der Waals surface area contributed by atoms with Gasteiger partial charge in [0.1, 0.15) is 6.61 Å². The Balaban J connectivity index is 2.21. The SMILES string of the molecule is CN1C(=O)OCC1n1ncnn1. The zero-order chi connectivity index (χ0) is 8.55. The molecule has 12 heavy (non-hydrogen) atoms. The lowest BCUT2D eigenvalue weighted by Crippen LogP contribution is -2.28. The molecule has 0 saturated carbocycles. The van der Waals surface area contributed by atoms with Crippen molar-refractivity contribution in [2.75, 3.05) is 13.7 Å². The first-order valence-electron chi connectivity index (χ1n) is 3.41. The summed E-state index contributed by atoms with van der Waals surface area (Å²) < 4.78 is 4.76. The lowest BCUT2D eigenvalue weighted by Gasteiger charge is -2.13. The molecule has 0 radical (unpaired) electrons. The molecule has 1 fully saturated rings. The molecule has 0 aliphatic carbocycles. The minimum atomic E-state index is -0.364. The van der Waals surface area contributed by atoms with Crippen LogP contribution in [0.4, 0.5) is 4.79 Å². The minimum Gasteiger partial charge on any atom is -0.445 e. The zero-order valence-corrected chi connectivity index (χ0v) is 6.41. The van der Waals surface area contributed by atoms with Gasteiger partial charge in [-0.15, -0.1) is 15.0 Å². The van der Waals surface area contributed by atoms with Crippen molar-refractivity contribution in [3.05, 3.63) is 6.33 Å².